The largest absolute Gasteiger partial charge is 0.301 e. The smallest absolute Gasteiger partial charge is 0.259 e. The van der Waals surface area contributed by atoms with Gasteiger partial charge in [0.05, 0.1) is 18.3 Å². The van der Waals surface area contributed by atoms with Crippen LogP contribution in [-0.4, -0.2) is 22.3 Å². The van der Waals surface area contributed by atoms with Gasteiger partial charge in [0.2, 0.25) is 0 Å². The lowest BCUT2D eigenvalue weighted by Gasteiger charge is -2.38. The number of amides is 1. The van der Waals surface area contributed by atoms with E-state index in [4.69, 9.17) is 0 Å². The Hall–Kier alpha value is -4.35. The molecule has 0 fully saturated rings. The van der Waals surface area contributed by atoms with Crippen molar-refractivity contribution in [3.63, 3.8) is 0 Å². The molecule has 1 aromatic heterocycles. The van der Waals surface area contributed by atoms with Crippen LogP contribution in [0.25, 0.3) is 10.8 Å². The van der Waals surface area contributed by atoms with Crippen LogP contribution in [0.2, 0.25) is 0 Å². The molecule has 0 saturated carbocycles. The van der Waals surface area contributed by atoms with Crippen LogP contribution in [-0.2, 0) is 19.5 Å². The number of halogens is 1. The first-order chi connectivity index (χ1) is 18.7. The first-order valence-electron chi connectivity index (χ1n) is 13.0. The Balaban J connectivity index is 1.32. The van der Waals surface area contributed by atoms with E-state index in [1.807, 2.05) is 24.5 Å². The summed E-state index contributed by atoms with van der Waals surface area (Å²) in [6.45, 7) is 1.97. The molecule has 1 atom stereocenters. The Kier molecular flexibility index (Phi) is 5.52. The minimum absolute atomic E-state index is 0.0978. The highest BCUT2D eigenvalue weighted by atomic mass is 19.1. The number of hydrogen-bond donors (Lipinski definition) is 0. The van der Waals surface area contributed by atoms with Crippen LogP contribution < -0.4 is 4.90 Å². The third-order valence-corrected chi connectivity index (χ3v) is 7.96. The molecule has 0 radical (unpaired) electrons. The lowest BCUT2D eigenvalue weighted by molar-refractivity contribution is 0.0995. The maximum atomic E-state index is 14.7. The van der Waals surface area contributed by atoms with Crippen LogP contribution in [0.5, 0.6) is 0 Å². The summed E-state index contributed by atoms with van der Waals surface area (Å²) < 4.78 is 14.7. The van der Waals surface area contributed by atoms with Crippen LogP contribution in [0.4, 0.5) is 10.1 Å². The SMILES string of the molecule is O=C1c2cc(CN3CCc4ccccc4C3c3ccncc3)c3ccccc3c2CN1c1ccccc1F. The van der Waals surface area contributed by atoms with E-state index in [0.717, 1.165) is 34.9 Å². The van der Waals surface area contributed by atoms with Crippen LogP contribution in [0, 0.1) is 5.82 Å². The second-order valence-electron chi connectivity index (χ2n) is 10.1. The number of aromatic nitrogens is 1. The summed E-state index contributed by atoms with van der Waals surface area (Å²) in [6, 6.07) is 29.8. The van der Waals surface area contributed by atoms with Crippen molar-refractivity contribution in [2.75, 3.05) is 11.4 Å². The van der Waals surface area contributed by atoms with Gasteiger partial charge in [0.25, 0.3) is 5.91 Å². The number of para-hydroxylation sites is 1. The molecule has 5 heteroatoms. The van der Waals surface area contributed by atoms with E-state index in [9.17, 15) is 9.18 Å². The average Bonchev–Trinajstić information content (AvgIpc) is 3.29. The summed E-state index contributed by atoms with van der Waals surface area (Å²) in [5, 5.41) is 2.20. The molecule has 4 aromatic carbocycles. The summed E-state index contributed by atoms with van der Waals surface area (Å²) in [7, 11) is 0. The molecule has 1 unspecified atom stereocenters. The minimum atomic E-state index is -0.384. The lowest BCUT2D eigenvalue weighted by Crippen LogP contribution is -2.35. The van der Waals surface area contributed by atoms with E-state index in [-0.39, 0.29) is 17.8 Å². The molecule has 0 saturated heterocycles. The second-order valence-corrected chi connectivity index (χ2v) is 10.1. The maximum Gasteiger partial charge on any atom is 0.259 e. The highest BCUT2D eigenvalue weighted by Crippen LogP contribution is 2.39. The van der Waals surface area contributed by atoms with Crippen LogP contribution in [0.3, 0.4) is 0 Å². The fourth-order valence-electron chi connectivity index (χ4n) is 6.19. The Morgan fingerprint density at radius 1 is 0.868 bits per heavy atom. The summed E-state index contributed by atoms with van der Waals surface area (Å²) in [5.74, 6) is -0.530. The molecule has 1 amide bonds. The van der Waals surface area contributed by atoms with Crippen molar-refractivity contribution < 1.29 is 9.18 Å². The zero-order valence-corrected chi connectivity index (χ0v) is 20.8. The number of anilines is 1. The Morgan fingerprint density at radius 2 is 1.61 bits per heavy atom. The summed E-state index contributed by atoms with van der Waals surface area (Å²) in [4.78, 5) is 21.9. The number of fused-ring (bicyclic) bond motifs is 4. The molecule has 0 spiro atoms. The number of benzene rings is 4. The van der Waals surface area contributed by atoms with Gasteiger partial charge in [-0.2, -0.15) is 0 Å². The van der Waals surface area contributed by atoms with E-state index in [2.05, 4.69) is 64.5 Å². The molecule has 0 N–H and O–H groups in total. The van der Waals surface area contributed by atoms with Crippen molar-refractivity contribution >= 4 is 22.4 Å². The second kappa shape index (κ2) is 9.19. The number of carbonyl (C=O) groups is 1. The van der Waals surface area contributed by atoms with E-state index >= 15 is 0 Å². The van der Waals surface area contributed by atoms with Gasteiger partial charge in [-0.3, -0.25) is 14.7 Å². The average molecular weight is 500 g/mol. The number of carbonyl (C=O) groups excluding carboxylic acids is 1. The van der Waals surface area contributed by atoms with Gasteiger partial charge in [0.15, 0.2) is 0 Å². The van der Waals surface area contributed by atoms with Gasteiger partial charge < -0.3 is 4.90 Å². The summed E-state index contributed by atoms with van der Waals surface area (Å²) in [6.07, 6.45) is 4.68. The van der Waals surface area contributed by atoms with E-state index in [1.165, 1.54) is 22.8 Å². The first kappa shape index (κ1) is 22.8. The van der Waals surface area contributed by atoms with E-state index in [0.29, 0.717) is 24.3 Å². The molecule has 5 aromatic rings. The minimum Gasteiger partial charge on any atom is -0.301 e. The summed E-state index contributed by atoms with van der Waals surface area (Å²) >= 11 is 0. The van der Waals surface area contributed by atoms with E-state index in [1.54, 1.807) is 23.1 Å². The molecule has 2 aliphatic rings. The third kappa shape index (κ3) is 3.70. The first-order valence-corrected chi connectivity index (χ1v) is 13.0. The van der Waals surface area contributed by atoms with Crippen molar-refractivity contribution in [1.29, 1.82) is 0 Å². The molecule has 7 rings (SSSR count). The Labute approximate surface area is 221 Å². The summed E-state index contributed by atoms with van der Waals surface area (Å²) in [5.41, 5.74) is 6.97. The van der Waals surface area contributed by atoms with Gasteiger partial charge >= 0.3 is 0 Å². The molecule has 0 aliphatic carbocycles. The van der Waals surface area contributed by atoms with Gasteiger partial charge in [-0.05, 0) is 75.3 Å². The van der Waals surface area contributed by atoms with E-state index < -0.39 is 0 Å². The van der Waals surface area contributed by atoms with Gasteiger partial charge in [-0.1, -0.05) is 60.7 Å². The van der Waals surface area contributed by atoms with Crippen molar-refractivity contribution in [3.8, 4) is 0 Å². The molecule has 0 bridgehead atoms. The molecule has 186 valence electrons. The lowest BCUT2D eigenvalue weighted by atomic mass is 9.87. The monoisotopic (exact) mass is 499 g/mol. The van der Waals surface area contributed by atoms with Gasteiger partial charge in [-0.25, -0.2) is 4.39 Å². The molecular formula is C33H26FN3O. The topological polar surface area (TPSA) is 36.4 Å². The zero-order chi connectivity index (χ0) is 25.6. The number of hydrogen-bond acceptors (Lipinski definition) is 3. The van der Waals surface area contributed by atoms with Crippen LogP contribution in [0.15, 0.2) is 103 Å². The van der Waals surface area contributed by atoms with Crippen molar-refractivity contribution in [1.82, 2.24) is 9.88 Å². The van der Waals surface area contributed by atoms with Gasteiger partial charge in [0.1, 0.15) is 5.82 Å². The van der Waals surface area contributed by atoms with Crippen molar-refractivity contribution in [2.24, 2.45) is 0 Å². The highest BCUT2D eigenvalue weighted by molar-refractivity contribution is 6.14. The Bertz CT molecular complexity index is 1680. The molecule has 4 nitrogen and oxygen atoms in total. The fourth-order valence-corrected chi connectivity index (χ4v) is 6.19. The maximum absolute atomic E-state index is 14.7. The zero-order valence-electron chi connectivity index (χ0n) is 20.8. The predicted octanol–water partition coefficient (Wildman–Crippen LogP) is 6.68. The quantitative estimate of drug-likeness (QED) is 0.277. The molecule has 2 aliphatic heterocycles. The Morgan fingerprint density at radius 3 is 2.45 bits per heavy atom. The number of nitrogens with zero attached hydrogens (tertiary/aromatic N) is 3. The number of rotatable bonds is 4. The standard InChI is InChI=1S/C33H26FN3O/c34-30-11-5-6-12-31(30)37-21-29-27-10-4-3-8-25(27)24(19-28(29)33(37)38)20-36-18-15-22-7-1-2-9-26(22)32(36)23-13-16-35-17-14-23/h1-14,16-17,19,32H,15,18,20-21H2. The molecule has 3 heterocycles. The fraction of sp³-hybridized carbons (Fsp3) is 0.152. The van der Waals surface area contributed by atoms with Crippen molar-refractivity contribution in [3.05, 3.63) is 143 Å². The predicted molar refractivity (Wildman–Crippen MR) is 147 cm³/mol. The molecule has 38 heavy (non-hydrogen) atoms. The van der Waals surface area contributed by atoms with Crippen molar-refractivity contribution in [2.45, 2.75) is 25.6 Å². The molecular weight excluding hydrogens is 473 g/mol. The van der Waals surface area contributed by atoms with Crippen LogP contribution >= 0.6 is 0 Å². The van der Waals surface area contributed by atoms with Gasteiger partial charge in [0, 0.05) is 31.0 Å². The van der Waals surface area contributed by atoms with Crippen LogP contribution in [0.1, 0.15) is 44.2 Å². The highest BCUT2D eigenvalue weighted by Gasteiger charge is 2.34. The third-order valence-electron chi connectivity index (χ3n) is 7.96. The number of pyridine rings is 1. The van der Waals surface area contributed by atoms with Gasteiger partial charge in [-0.15, -0.1) is 0 Å². The normalized spacial score (nSPS) is 17.0.